The Hall–Kier alpha value is -7.96. The molecule has 0 bridgehead atoms. The molecule has 0 saturated heterocycles. The molecule has 0 spiro atoms. The monoisotopic (exact) mass is 767 g/mol. The molecule has 0 aliphatic carbocycles. The van der Waals surface area contributed by atoms with Crippen LogP contribution in [0.3, 0.4) is 0 Å². The number of ether oxygens (including phenoxy) is 1. The number of benzene rings is 9. The quantitative estimate of drug-likeness (QED) is 0.168. The number of hydrogen-bond donors (Lipinski definition) is 0. The van der Waals surface area contributed by atoms with Gasteiger partial charge in [-0.25, -0.2) is 0 Å². The molecule has 2 aliphatic heterocycles. The van der Waals surface area contributed by atoms with Gasteiger partial charge in [0.2, 0.25) is 0 Å². The van der Waals surface area contributed by atoms with Gasteiger partial charge in [-0.05, 0) is 95.1 Å². The van der Waals surface area contributed by atoms with Crippen molar-refractivity contribution in [2.75, 3.05) is 0 Å². The summed E-state index contributed by atoms with van der Waals surface area (Å²) in [5.74, 6) is 2.41. The van der Waals surface area contributed by atoms with Crippen LogP contribution in [0.4, 0.5) is 0 Å². The number of aromatic nitrogens is 1. The lowest BCUT2D eigenvalue weighted by molar-refractivity contribution is 0.479. The SMILES string of the molecule is c1ccc2c(c1)Oc1cc(-c3cc(-n4c5ccccc5c5ccccc54)cc4c3oc3ccccc34)cc3c1B2Oc1cc(-c2ccc4oc5ccccc5c4c2)ccc1-3. The van der Waals surface area contributed by atoms with Crippen LogP contribution in [-0.2, 0) is 0 Å². The average molecular weight is 768 g/mol. The summed E-state index contributed by atoms with van der Waals surface area (Å²) >= 11 is 0. The summed E-state index contributed by atoms with van der Waals surface area (Å²) in [6.07, 6.45) is 0. The zero-order valence-corrected chi connectivity index (χ0v) is 32.0. The molecule has 0 radical (unpaired) electrons. The van der Waals surface area contributed by atoms with E-state index in [1.54, 1.807) is 0 Å². The maximum atomic E-state index is 7.06. The highest BCUT2D eigenvalue weighted by Crippen LogP contribution is 2.46. The highest BCUT2D eigenvalue weighted by Gasteiger charge is 2.41. The molecule has 0 saturated carbocycles. The summed E-state index contributed by atoms with van der Waals surface area (Å²) in [7, 11) is 0. The van der Waals surface area contributed by atoms with E-state index in [9.17, 15) is 0 Å². The second-order valence-electron chi connectivity index (χ2n) is 15.9. The minimum Gasteiger partial charge on any atom is -0.551 e. The second-order valence-corrected chi connectivity index (χ2v) is 15.9. The molecule has 9 aromatic carbocycles. The van der Waals surface area contributed by atoms with Gasteiger partial charge < -0.3 is 22.8 Å². The smallest absolute Gasteiger partial charge is 0.434 e. The largest absolute Gasteiger partial charge is 0.551 e. The molecule has 2 aliphatic rings. The Kier molecular flexibility index (Phi) is 6.31. The van der Waals surface area contributed by atoms with Gasteiger partial charge in [-0.1, -0.05) is 109 Å². The summed E-state index contributed by atoms with van der Waals surface area (Å²) in [4.78, 5) is 0. The molecule has 278 valence electrons. The lowest BCUT2D eigenvalue weighted by Crippen LogP contribution is -2.53. The molecular formula is C54H30BNO4. The average Bonchev–Trinajstić information content (AvgIpc) is 3.98. The van der Waals surface area contributed by atoms with E-state index in [1.165, 1.54) is 10.8 Å². The van der Waals surface area contributed by atoms with E-state index >= 15 is 0 Å². The number of para-hydroxylation sites is 5. The van der Waals surface area contributed by atoms with E-state index < -0.39 is 0 Å². The molecule has 12 aromatic rings. The number of hydrogen-bond acceptors (Lipinski definition) is 4. The third-order valence-electron chi connectivity index (χ3n) is 12.7. The topological polar surface area (TPSA) is 49.7 Å². The Morgan fingerprint density at radius 3 is 1.83 bits per heavy atom. The molecule has 60 heavy (non-hydrogen) atoms. The first kappa shape index (κ1) is 32.1. The van der Waals surface area contributed by atoms with Gasteiger partial charge in [0.1, 0.15) is 39.6 Å². The highest BCUT2D eigenvalue weighted by molar-refractivity contribution is 6.84. The Morgan fingerprint density at radius 1 is 0.383 bits per heavy atom. The van der Waals surface area contributed by atoms with Crippen molar-refractivity contribution in [2.24, 2.45) is 0 Å². The number of fused-ring (bicyclic) bond motifs is 13. The van der Waals surface area contributed by atoms with Gasteiger partial charge in [0.25, 0.3) is 0 Å². The van der Waals surface area contributed by atoms with Gasteiger partial charge in [0, 0.05) is 60.1 Å². The number of rotatable bonds is 3. The van der Waals surface area contributed by atoms with Crippen molar-refractivity contribution < 1.29 is 18.2 Å². The first-order valence-corrected chi connectivity index (χ1v) is 20.3. The van der Waals surface area contributed by atoms with Crippen LogP contribution in [-0.4, -0.2) is 11.5 Å². The molecule has 0 unspecified atom stereocenters. The first-order valence-electron chi connectivity index (χ1n) is 20.3. The summed E-state index contributed by atoms with van der Waals surface area (Å²) in [5.41, 5.74) is 15.1. The van der Waals surface area contributed by atoms with Crippen LogP contribution in [0, 0.1) is 0 Å². The zero-order valence-electron chi connectivity index (χ0n) is 32.0. The molecule has 0 fully saturated rings. The standard InChI is InChI=1S/C54H30BNO4/c1-6-16-45-35(11-1)36-12-2-7-17-46(36)56(45)34-29-40(54-43(30-34)38-14-4-9-19-48(38)59-54)33-26-42-39-23-21-32(31-22-24-49-41(25-31)37-13-3-8-18-47(37)57-49)27-51(39)60-55-44-15-5-10-20-50(44)58-52(28-33)53(42)55/h1-30H. The third-order valence-corrected chi connectivity index (χ3v) is 12.7. The minimum atomic E-state index is -0.341. The van der Waals surface area contributed by atoms with Gasteiger partial charge in [-0.2, -0.15) is 0 Å². The number of nitrogens with zero attached hydrogens (tertiary/aromatic N) is 1. The molecule has 0 atom stereocenters. The summed E-state index contributed by atoms with van der Waals surface area (Å²) < 4.78 is 29.2. The number of furan rings is 2. The Morgan fingerprint density at radius 2 is 1.02 bits per heavy atom. The Bertz CT molecular complexity index is 3760. The molecule has 5 nitrogen and oxygen atoms in total. The zero-order chi connectivity index (χ0) is 39.1. The van der Waals surface area contributed by atoms with Crippen molar-refractivity contribution in [3.05, 3.63) is 182 Å². The molecule has 0 N–H and O–H groups in total. The van der Waals surface area contributed by atoms with Crippen LogP contribution >= 0.6 is 0 Å². The summed E-state index contributed by atoms with van der Waals surface area (Å²) in [6.45, 7) is -0.341. The predicted octanol–water partition coefficient (Wildman–Crippen LogP) is 13.2. The van der Waals surface area contributed by atoms with E-state index in [0.29, 0.717) is 0 Å². The van der Waals surface area contributed by atoms with Crippen LogP contribution in [0.5, 0.6) is 17.2 Å². The van der Waals surface area contributed by atoms with E-state index in [1.807, 2.05) is 30.3 Å². The summed E-state index contributed by atoms with van der Waals surface area (Å²) in [6, 6.07) is 64.1. The first-order chi connectivity index (χ1) is 29.7. The van der Waals surface area contributed by atoms with Gasteiger partial charge >= 0.3 is 6.92 Å². The van der Waals surface area contributed by atoms with Gasteiger partial charge in [-0.15, -0.1) is 0 Å². The Labute approximate surface area is 343 Å². The highest BCUT2D eigenvalue weighted by atomic mass is 16.5. The Balaban J connectivity index is 1.01. The molecular weight excluding hydrogens is 737 g/mol. The van der Waals surface area contributed by atoms with Crippen molar-refractivity contribution >= 4 is 83.5 Å². The van der Waals surface area contributed by atoms with Crippen molar-refractivity contribution in [2.45, 2.75) is 0 Å². The fraction of sp³-hybridized carbons (Fsp3) is 0. The van der Waals surface area contributed by atoms with Gasteiger partial charge in [-0.3, -0.25) is 0 Å². The van der Waals surface area contributed by atoms with Crippen LogP contribution in [0.2, 0.25) is 0 Å². The normalized spacial score (nSPS) is 12.9. The maximum absolute atomic E-state index is 7.06. The van der Waals surface area contributed by atoms with Crippen LogP contribution < -0.4 is 20.3 Å². The summed E-state index contributed by atoms with van der Waals surface area (Å²) in [5, 5.41) is 6.78. The van der Waals surface area contributed by atoms with Crippen LogP contribution in [0.15, 0.2) is 191 Å². The van der Waals surface area contributed by atoms with Gasteiger partial charge in [0.15, 0.2) is 0 Å². The third kappa shape index (κ3) is 4.42. The van der Waals surface area contributed by atoms with E-state index in [-0.39, 0.29) is 6.92 Å². The van der Waals surface area contributed by atoms with E-state index in [0.717, 1.165) is 122 Å². The molecule has 5 heterocycles. The maximum Gasteiger partial charge on any atom is 0.434 e. The molecule has 3 aromatic heterocycles. The fourth-order valence-electron chi connectivity index (χ4n) is 9.96. The predicted molar refractivity (Wildman–Crippen MR) is 244 cm³/mol. The fourth-order valence-corrected chi connectivity index (χ4v) is 9.96. The lowest BCUT2D eigenvalue weighted by Gasteiger charge is -2.33. The molecule has 0 amide bonds. The minimum absolute atomic E-state index is 0.341. The lowest BCUT2D eigenvalue weighted by atomic mass is 9.50. The van der Waals surface area contributed by atoms with Crippen molar-refractivity contribution in [1.82, 2.24) is 4.57 Å². The second kappa shape index (κ2) is 11.8. The van der Waals surface area contributed by atoms with Crippen molar-refractivity contribution in [3.63, 3.8) is 0 Å². The van der Waals surface area contributed by atoms with Crippen molar-refractivity contribution in [3.8, 4) is 56.3 Å². The van der Waals surface area contributed by atoms with Crippen LogP contribution in [0.1, 0.15) is 0 Å². The van der Waals surface area contributed by atoms with E-state index in [4.69, 9.17) is 18.2 Å². The van der Waals surface area contributed by atoms with Crippen LogP contribution in [0.25, 0.3) is 105 Å². The molecule has 6 heteroatoms. The molecule has 14 rings (SSSR count). The van der Waals surface area contributed by atoms with E-state index in [2.05, 4.69) is 156 Å². The van der Waals surface area contributed by atoms with Gasteiger partial charge in [0.05, 0.1) is 11.0 Å². The van der Waals surface area contributed by atoms with Crippen molar-refractivity contribution in [1.29, 1.82) is 0 Å².